The molecular formula is C12H14BrClN2O. The van der Waals surface area contributed by atoms with Crippen molar-refractivity contribution >= 4 is 39.1 Å². The summed E-state index contributed by atoms with van der Waals surface area (Å²) in [4.78, 5) is 11.4. The Kier molecular flexibility index (Phi) is 4.29. The summed E-state index contributed by atoms with van der Waals surface area (Å²) in [6, 6.07) is 6.03. The molecule has 0 radical (unpaired) electrons. The Morgan fingerprint density at radius 1 is 1.47 bits per heavy atom. The number of hydrogen-bond acceptors (Lipinski definition) is 2. The van der Waals surface area contributed by atoms with Crippen molar-refractivity contribution in [2.24, 2.45) is 0 Å². The minimum Gasteiger partial charge on any atom is -0.383 e. The average Bonchev–Trinajstić information content (AvgIpc) is 3.07. The van der Waals surface area contributed by atoms with Crippen LogP contribution in [-0.4, -0.2) is 18.5 Å². The zero-order chi connectivity index (χ0) is 12.3. The maximum absolute atomic E-state index is 11.4. The van der Waals surface area contributed by atoms with Gasteiger partial charge in [-0.2, -0.15) is 0 Å². The van der Waals surface area contributed by atoms with Crippen LogP contribution in [0.1, 0.15) is 19.3 Å². The Morgan fingerprint density at radius 3 is 2.94 bits per heavy atom. The monoisotopic (exact) mass is 316 g/mol. The van der Waals surface area contributed by atoms with Crippen LogP contribution in [0.2, 0.25) is 5.02 Å². The van der Waals surface area contributed by atoms with Crippen molar-refractivity contribution in [2.45, 2.75) is 25.3 Å². The molecule has 0 aliphatic heterocycles. The van der Waals surface area contributed by atoms with Gasteiger partial charge in [0.25, 0.3) is 0 Å². The molecule has 92 valence electrons. The molecule has 17 heavy (non-hydrogen) atoms. The van der Waals surface area contributed by atoms with Crippen molar-refractivity contribution in [3.63, 3.8) is 0 Å². The van der Waals surface area contributed by atoms with E-state index in [-0.39, 0.29) is 5.91 Å². The van der Waals surface area contributed by atoms with Gasteiger partial charge in [0.2, 0.25) is 5.91 Å². The smallest absolute Gasteiger partial charge is 0.221 e. The minimum absolute atomic E-state index is 0.103. The van der Waals surface area contributed by atoms with Gasteiger partial charge in [0.05, 0.1) is 10.7 Å². The van der Waals surface area contributed by atoms with Crippen LogP contribution < -0.4 is 10.6 Å². The van der Waals surface area contributed by atoms with Crippen LogP contribution in [0.3, 0.4) is 0 Å². The second kappa shape index (κ2) is 5.74. The summed E-state index contributed by atoms with van der Waals surface area (Å²) in [5, 5.41) is 6.76. The fraction of sp³-hybridized carbons (Fsp3) is 0.417. The first-order valence-corrected chi connectivity index (χ1v) is 6.80. The average molecular weight is 318 g/mol. The van der Waals surface area contributed by atoms with Gasteiger partial charge in [0.1, 0.15) is 0 Å². The normalized spacial score (nSPS) is 14.5. The van der Waals surface area contributed by atoms with Gasteiger partial charge >= 0.3 is 0 Å². The summed E-state index contributed by atoms with van der Waals surface area (Å²) >= 11 is 9.40. The number of carbonyl (C=O) groups excluding carboxylic acids is 1. The van der Waals surface area contributed by atoms with Gasteiger partial charge in [-0.1, -0.05) is 27.5 Å². The molecule has 0 saturated heterocycles. The van der Waals surface area contributed by atoms with Crippen molar-refractivity contribution in [1.29, 1.82) is 0 Å². The minimum atomic E-state index is 0.103. The molecule has 1 aliphatic carbocycles. The summed E-state index contributed by atoms with van der Waals surface area (Å²) < 4.78 is 0.965. The first kappa shape index (κ1) is 12.7. The fourth-order valence-corrected chi connectivity index (χ4v) is 2.02. The molecule has 5 heteroatoms. The molecule has 0 heterocycles. The summed E-state index contributed by atoms with van der Waals surface area (Å²) in [5.74, 6) is 0.103. The van der Waals surface area contributed by atoms with E-state index in [1.54, 1.807) is 0 Å². The third-order valence-electron chi connectivity index (χ3n) is 2.54. The molecule has 1 saturated carbocycles. The zero-order valence-electron chi connectivity index (χ0n) is 9.30. The third-order valence-corrected chi connectivity index (χ3v) is 3.36. The molecule has 3 nitrogen and oxygen atoms in total. The topological polar surface area (TPSA) is 41.1 Å². The van der Waals surface area contributed by atoms with Crippen LogP contribution in [0.4, 0.5) is 5.69 Å². The van der Waals surface area contributed by atoms with E-state index in [1.165, 1.54) is 0 Å². The highest BCUT2D eigenvalue weighted by Crippen LogP contribution is 2.25. The summed E-state index contributed by atoms with van der Waals surface area (Å²) in [5.41, 5.74) is 0.847. The van der Waals surface area contributed by atoms with E-state index in [2.05, 4.69) is 26.6 Å². The van der Waals surface area contributed by atoms with Crippen molar-refractivity contribution in [3.8, 4) is 0 Å². The van der Waals surface area contributed by atoms with E-state index in [0.717, 1.165) is 23.0 Å². The van der Waals surface area contributed by atoms with Crippen molar-refractivity contribution in [1.82, 2.24) is 5.32 Å². The Morgan fingerprint density at radius 2 is 2.24 bits per heavy atom. The zero-order valence-corrected chi connectivity index (χ0v) is 11.6. The maximum atomic E-state index is 11.4. The van der Waals surface area contributed by atoms with Crippen LogP contribution in [0.5, 0.6) is 0 Å². The molecule has 1 amide bonds. The molecule has 0 atom stereocenters. The number of hydrogen-bond donors (Lipinski definition) is 2. The van der Waals surface area contributed by atoms with Crippen LogP contribution in [0, 0.1) is 0 Å². The van der Waals surface area contributed by atoms with Gasteiger partial charge in [-0.05, 0) is 31.0 Å². The predicted octanol–water partition coefficient (Wildman–Crippen LogP) is 3.18. The van der Waals surface area contributed by atoms with Gasteiger partial charge in [0.15, 0.2) is 0 Å². The second-order valence-electron chi connectivity index (χ2n) is 4.14. The van der Waals surface area contributed by atoms with E-state index in [0.29, 0.717) is 24.0 Å². The van der Waals surface area contributed by atoms with Gasteiger partial charge in [-0.15, -0.1) is 0 Å². The van der Waals surface area contributed by atoms with Gasteiger partial charge in [0, 0.05) is 23.5 Å². The van der Waals surface area contributed by atoms with E-state index < -0.39 is 0 Å². The summed E-state index contributed by atoms with van der Waals surface area (Å²) in [7, 11) is 0. The van der Waals surface area contributed by atoms with Crippen LogP contribution in [-0.2, 0) is 4.79 Å². The molecule has 1 aliphatic rings. The highest BCUT2D eigenvalue weighted by molar-refractivity contribution is 9.10. The number of benzene rings is 1. The summed E-state index contributed by atoms with van der Waals surface area (Å²) in [6.45, 7) is 0.592. The molecule has 0 spiro atoms. The van der Waals surface area contributed by atoms with E-state index in [4.69, 9.17) is 11.6 Å². The van der Waals surface area contributed by atoms with E-state index >= 15 is 0 Å². The van der Waals surface area contributed by atoms with Crippen molar-refractivity contribution in [2.75, 3.05) is 11.9 Å². The first-order valence-electron chi connectivity index (χ1n) is 5.63. The van der Waals surface area contributed by atoms with Crippen molar-refractivity contribution < 1.29 is 4.79 Å². The van der Waals surface area contributed by atoms with Gasteiger partial charge in [-0.25, -0.2) is 0 Å². The van der Waals surface area contributed by atoms with Crippen LogP contribution in [0.15, 0.2) is 22.7 Å². The predicted molar refractivity (Wildman–Crippen MR) is 73.4 cm³/mol. The maximum Gasteiger partial charge on any atom is 0.221 e. The lowest BCUT2D eigenvalue weighted by Gasteiger charge is -2.09. The summed E-state index contributed by atoms with van der Waals surface area (Å²) in [6.07, 6.45) is 2.71. The molecule has 2 rings (SSSR count). The Labute approximate surface area is 114 Å². The highest BCUT2D eigenvalue weighted by atomic mass is 79.9. The quantitative estimate of drug-likeness (QED) is 0.876. The van der Waals surface area contributed by atoms with Crippen LogP contribution >= 0.6 is 27.5 Å². The number of halogens is 2. The van der Waals surface area contributed by atoms with E-state index in [1.807, 2.05) is 18.2 Å². The first-order chi connectivity index (χ1) is 8.15. The highest BCUT2D eigenvalue weighted by Gasteiger charge is 2.22. The Bertz CT molecular complexity index is 421. The Hall–Kier alpha value is -0.740. The fourth-order valence-electron chi connectivity index (χ4n) is 1.47. The van der Waals surface area contributed by atoms with Crippen LogP contribution in [0.25, 0.3) is 0 Å². The molecule has 2 N–H and O–H groups in total. The lowest BCUT2D eigenvalue weighted by atomic mass is 10.3. The molecule has 1 aromatic carbocycles. The number of carbonyl (C=O) groups is 1. The largest absolute Gasteiger partial charge is 0.383 e. The number of nitrogens with one attached hydrogen (secondary N) is 2. The molecule has 0 aromatic heterocycles. The molecular weight excluding hydrogens is 304 g/mol. The standard InChI is InChI=1S/C12H14BrClN2O/c13-8-1-4-10(14)11(7-8)15-6-5-12(17)16-9-2-3-9/h1,4,7,9,15H,2-3,5-6H2,(H,16,17). The lowest BCUT2D eigenvalue weighted by molar-refractivity contribution is -0.120. The SMILES string of the molecule is O=C(CCNc1cc(Br)ccc1Cl)NC1CC1. The molecule has 0 unspecified atom stereocenters. The van der Waals surface area contributed by atoms with E-state index in [9.17, 15) is 4.79 Å². The number of amides is 1. The second-order valence-corrected chi connectivity index (χ2v) is 5.47. The van der Waals surface area contributed by atoms with Gasteiger partial charge in [-0.3, -0.25) is 4.79 Å². The molecule has 1 fully saturated rings. The third kappa shape index (κ3) is 4.21. The van der Waals surface area contributed by atoms with Gasteiger partial charge < -0.3 is 10.6 Å². The molecule has 0 bridgehead atoms. The Balaban J connectivity index is 1.76. The molecule has 1 aromatic rings. The number of rotatable bonds is 5. The van der Waals surface area contributed by atoms with Crippen molar-refractivity contribution in [3.05, 3.63) is 27.7 Å². The lowest BCUT2D eigenvalue weighted by Crippen LogP contribution is -2.27. The number of anilines is 1.